The van der Waals surface area contributed by atoms with E-state index in [1.807, 2.05) is 36.6 Å². The highest BCUT2D eigenvalue weighted by Crippen LogP contribution is 2.24. The van der Waals surface area contributed by atoms with Gasteiger partial charge in [-0.3, -0.25) is 4.79 Å². The van der Waals surface area contributed by atoms with Crippen LogP contribution in [0.25, 0.3) is 0 Å². The van der Waals surface area contributed by atoms with Crippen molar-refractivity contribution in [1.82, 2.24) is 0 Å². The van der Waals surface area contributed by atoms with Gasteiger partial charge in [0.05, 0.1) is 11.7 Å². The second-order valence-electron chi connectivity index (χ2n) is 6.13. The lowest BCUT2D eigenvalue weighted by molar-refractivity contribution is -0.917. The molecule has 1 aliphatic rings. The Morgan fingerprint density at radius 1 is 1.21 bits per heavy atom. The minimum absolute atomic E-state index is 0.0188. The van der Waals surface area contributed by atoms with Crippen molar-refractivity contribution in [2.24, 2.45) is 0 Å². The smallest absolute Gasteiger partial charge is 0.279 e. The van der Waals surface area contributed by atoms with E-state index in [4.69, 9.17) is 0 Å². The highest BCUT2D eigenvalue weighted by Gasteiger charge is 2.35. The predicted molar refractivity (Wildman–Crippen MR) is 95.8 cm³/mol. The number of nitrogens with one attached hydrogen (secondary N) is 2. The molecule has 3 rings (SSSR count). The molecule has 1 aliphatic carbocycles. The standard InChI is InChI=1S/C19H21FN2OS/c1-24-18-9-5-4-8-17(18)21-19(23)13-22(15-10-11-15)12-14-6-2-3-7-16(14)20/h2-9,15H,10-13H2,1H3,(H,21,23)/p+1. The van der Waals surface area contributed by atoms with Gasteiger partial charge in [-0.1, -0.05) is 30.3 Å². The van der Waals surface area contributed by atoms with Crippen molar-refractivity contribution in [2.75, 3.05) is 18.1 Å². The molecule has 0 aliphatic heterocycles. The molecule has 0 bridgehead atoms. The molecule has 1 saturated carbocycles. The first-order valence-corrected chi connectivity index (χ1v) is 9.40. The number of benzene rings is 2. The first kappa shape index (κ1) is 17.0. The number of thioether (sulfide) groups is 1. The van der Waals surface area contributed by atoms with Crippen LogP contribution in [0.3, 0.4) is 0 Å². The molecule has 0 heterocycles. The third kappa shape index (κ3) is 4.36. The summed E-state index contributed by atoms with van der Waals surface area (Å²) >= 11 is 1.61. The number of carbonyl (C=O) groups excluding carboxylic acids is 1. The number of rotatable bonds is 7. The van der Waals surface area contributed by atoms with Gasteiger partial charge < -0.3 is 10.2 Å². The Bertz CT molecular complexity index is 718. The Morgan fingerprint density at radius 2 is 1.92 bits per heavy atom. The van der Waals surface area contributed by atoms with E-state index in [0.717, 1.165) is 28.3 Å². The van der Waals surface area contributed by atoms with Crippen molar-refractivity contribution in [3.63, 3.8) is 0 Å². The summed E-state index contributed by atoms with van der Waals surface area (Å²) in [5.74, 6) is -0.210. The van der Waals surface area contributed by atoms with Gasteiger partial charge in [0.1, 0.15) is 12.4 Å². The number of hydrogen-bond donors (Lipinski definition) is 2. The molecule has 5 heteroatoms. The van der Waals surface area contributed by atoms with Gasteiger partial charge in [0.2, 0.25) is 0 Å². The summed E-state index contributed by atoms with van der Waals surface area (Å²) in [6, 6.07) is 15.1. The highest BCUT2D eigenvalue weighted by atomic mass is 32.2. The molecule has 3 nitrogen and oxygen atoms in total. The van der Waals surface area contributed by atoms with Crippen molar-refractivity contribution >= 4 is 23.4 Å². The minimum atomic E-state index is -0.191. The molecule has 2 aromatic rings. The first-order chi connectivity index (χ1) is 11.7. The zero-order valence-electron chi connectivity index (χ0n) is 13.7. The molecule has 1 fully saturated rings. The van der Waals surface area contributed by atoms with E-state index in [1.165, 1.54) is 6.07 Å². The van der Waals surface area contributed by atoms with Crippen LogP contribution in [0.4, 0.5) is 10.1 Å². The molecule has 126 valence electrons. The lowest BCUT2D eigenvalue weighted by atomic mass is 10.2. The zero-order valence-corrected chi connectivity index (χ0v) is 14.5. The summed E-state index contributed by atoms with van der Waals surface area (Å²) in [5.41, 5.74) is 1.52. The Hall–Kier alpha value is -1.85. The molecule has 1 atom stereocenters. The van der Waals surface area contributed by atoms with Gasteiger partial charge in [0, 0.05) is 23.3 Å². The molecular formula is C19H22FN2OS+. The zero-order chi connectivity index (χ0) is 16.9. The number of hydrogen-bond acceptors (Lipinski definition) is 2. The number of anilines is 1. The molecule has 2 N–H and O–H groups in total. The van der Waals surface area contributed by atoms with Crippen LogP contribution in [0.2, 0.25) is 0 Å². The van der Waals surface area contributed by atoms with E-state index < -0.39 is 0 Å². The fourth-order valence-corrected chi connectivity index (χ4v) is 3.43. The molecule has 1 amide bonds. The van der Waals surface area contributed by atoms with Crippen molar-refractivity contribution in [3.05, 3.63) is 59.9 Å². The van der Waals surface area contributed by atoms with Crippen LogP contribution in [0.15, 0.2) is 53.4 Å². The second-order valence-corrected chi connectivity index (χ2v) is 6.97. The van der Waals surface area contributed by atoms with Crippen LogP contribution in [-0.4, -0.2) is 24.7 Å². The molecule has 24 heavy (non-hydrogen) atoms. The number of quaternary nitrogens is 1. The summed E-state index contributed by atoms with van der Waals surface area (Å²) in [6.45, 7) is 0.913. The fourth-order valence-electron chi connectivity index (χ4n) is 2.88. The normalized spacial score (nSPS) is 15.1. The van der Waals surface area contributed by atoms with E-state index in [2.05, 4.69) is 5.32 Å². The lowest BCUT2D eigenvalue weighted by Crippen LogP contribution is -3.13. The van der Waals surface area contributed by atoms with Crippen LogP contribution in [-0.2, 0) is 11.3 Å². The number of para-hydroxylation sites is 1. The largest absolute Gasteiger partial charge is 0.321 e. The maximum Gasteiger partial charge on any atom is 0.279 e. The maximum absolute atomic E-state index is 13.9. The second kappa shape index (κ2) is 7.81. The van der Waals surface area contributed by atoms with Gasteiger partial charge in [-0.25, -0.2) is 4.39 Å². The SMILES string of the molecule is CSc1ccccc1NC(=O)C[NH+](Cc1ccccc1F)C1CC1. The topological polar surface area (TPSA) is 33.5 Å². The number of amides is 1. The fraction of sp³-hybridized carbons (Fsp3) is 0.316. The summed E-state index contributed by atoms with van der Waals surface area (Å²) in [4.78, 5) is 14.7. The lowest BCUT2D eigenvalue weighted by Gasteiger charge is -2.19. The Kier molecular flexibility index (Phi) is 5.53. The molecule has 0 saturated heterocycles. The van der Waals surface area contributed by atoms with Gasteiger partial charge in [0.25, 0.3) is 5.91 Å². The third-order valence-electron chi connectivity index (χ3n) is 4.30. The predicted octanol–water partition coefficient (Wildman–Crippen LogP) is 2.73. The molecule has 0 aromatic heterocycles. The van der Waals surface area contributed by atoms with Gasteiger partial charge in [-0.05, 0) is 24.5 Å². The Balaban J connectivity index is 1.65. The number of halogens is 1. The van der Waals surface area contributed by atoms with Gasteiger partial charge in [-0.2, -0.15) is 0 Å². The van der Waals surface area contributed by atoms with Crippen LogP contribution in [0.1, 0.15) is 18.4 Å². The molecule has 2 aromatic carbocycles. The maximum atomic E-state index is 13.9. The minimum Gasteiger partial charge on any atom is -0.321 e. The van der Waals surface area contributed by atoms with E-state index in [-0.39, 0.29) is 11.7 Å². The van der Waals surface area contributed by atoms with Crippen LogP contribution in [0, 0.1) is 5.82 Å². The summed E-state index contributed by atoms with van der Waals surface area (Å²) in [6.07, 6.45) is 4.21. The molecule has 0 spiro atoms. The Labute approximate surface area is 146 Å². The van der Waals surface area contributed by atoms with Crippen LogP contribution in [0.5, 0.6) is 0 Å². The first-order valence-electron chi connectivity index (χ1n) is 8.18. The Morgan fingerprint density at radius 3 is 2.62 bits per heavy atom. The van der Waals surface area contributed by atoms with Gasteiger partial charge in [0.15, 0.2) is 6.54 Å². The van der Waals surface area contributed by atoms with Crippen molar-refractivity contribution in [1.29, 1.82) is 0 Å². The summed E-state index contributed by atoms with van der Waals surface area (Å²) in [7, 11) is 0. The van der Waals surface area contributed by atoms with E-state index >= 15 is 0 Å². The molecule has 0 radical (unpaired) electrons. The van der Waals surface area contributed by atoms with E-state index in [1.54, 1.807) is 23.9 Å². The van der Waals surface area contributed by atoms with Crippen molar-refractivity contribution in [3.8, 4) is 0 Å². The quantitative estimate of drug-likeness (QED) is 0.757. The van der Waals surface area contributed by atoms with Gasteiger partial charge >= 0.3 is 0 Å². The average Bonchev–Trinajstić information content (AvgIpc) is 3.41. The van der Waals surface area contributed by atoms with Crippen molar-refractivity contribution in [2.45, 2.75) is 30.3 Å². The monoisotopic (exact) mass is 345 g/mol. The highest BCUT2D eigenvalue weighted by molar-refractivity contribution is 7.98. The van der Waals surface area contributed by atoms with E-state index in [0.29, 0.717) is 24.7 Å². The average molecular weight is 345 g/mol. The molecule has 1 unspecified atom stereocenters. The van der Waals surface area contributed by atoms with Crippen LogP contribution < -0.4 is 10.2 Å². The van der Waals surface area contributed by atoms with E-state index in [9.17, 15) is 9.18 Å². The van der Waals surface area contributed by atoms with Gasteiger partial charge in [-0.15, -0.1) is 11.8 Å². The van der Waals surface area contributed by atoms with Crippen molar-refractivity contribution < 1.29 is 14.1 Å². The third-order valence-corrected chi connectivity index (χ3v) is 5.09. The van der Waals surface area contributed by atoms with Crippen LogP contribution >= 0.6 is 11.8 Å². The number of carbonyl (C=O) groups is 1. The molecular weight excluding hydrogens is 323 g/mol. The summed E-state index contributed by atoms with van der Waals surface area (Å²) < 4.78 is 13.9. The summed E-state index contributed by atoms with van der Waals surface area (Å²) in [5, 5.41) is 3.00.